The van der Waals surface area contributed by atoms with Crippen molar-refractivity contribution in [2.45, 2.75) is 31.5 Å². The smallest absolute Gasteiger partial charge is 0.408 e. The van der Waals surface area contributed by atoms with E-state index in [4.69, 9.17) is 16.7 Å². The van der Waals surface area contributed by atoms with E-state index in [0.29, 0.717) is 11.1 Å². The summed E-state index contributed by atoms with van der Waals surface area (Å²) in [5.74, 6) is -1.01. The van der Waals surface area contributed by atoms with Gasteiger partial charge in [0, 0.05) is 0 Å². The van der Waals surface area contributed by atoms with Crippen LogP contribution in [0.4, 0.5) is 18.9 Å². The quantitative estimate of drug-likeness (QED) is 0.880. The maximum absolute atomic E-state index is 12.6. The van der Waals surface area contributed by atoms with Gasteiger partial charge in [-0.25, -0.2) is 0 Å². The lowest BCUT2D eigenvalue weighted by atomic mass is 9.95. The van der Waals surface area contributed by atoms with Crippen molar-refractivity contribution < 1.29 is 23.1 Å². The molecule has 0 fully saturated rings. The normalized spacial score (nSPS) is 18.6. The van der Waals surface area contributed by atoms with Crippen molar-refractivity contribution in [3.8, 4) is 0 Å². The Morgan fingerprint density at radius 1 is 1.47 bits per heavy atom. The molecule has 19 heavy (non-hydrogen) atoms. The van der Waals surface area contributed by atoms with Gasteiger partial charge in [-0.1, -0.05) is 17.7 Å². The van der Waals surface area contributed by atoms with Gasteiger partial charge in [-0.2, -0.15) is 13.2 Å². The van der Waals surface area contributed by atoms with Gasteiger partial charge in [0.1, 0.15) is 6.04 Å². The van der Waals surface area contributed by atoms with Crippen molar-refractivity contribution in [2.24, 2.45) is 0 Å². The second-order valence-electron chi connectivity index (χ2n) is 4.46. The zero-order chi connectivity index (χ0) is 14.2. The maximum atomic E-state index is 12.6. The lowest BCUT2D eigenvalue weighted by Crippen LogP contribution is -2.39. The number of carboxylic acids is 1. The largest absolute Gasteiger partial charge is 0.481 e. The number of benzene rings is 1. The van der Waals surface area contributed by atoms with Crippen LogP contribution in [-0.4, -0.2) is 23.3 Å². The van der Waals surface area contributed by atoms with Gasteiger partial charge in [-0.05, 0) is 30.0 Å². The molecule has 0 saturated heterocycles. The summed E-state index contributed by atoms with van der Waals surface area (Å²) >= 11 is 5.92. The zero-order valence-electron chi connectivity index (χ0n) is 9.72. The highest BCUT2D eigenvalue weighted by molar-refractivity contribution is 6.33. The first-order valence-corrected chi connectivity index (χ1v) is 6.01. The number of aryl methyl sites for hydroxylation is 1. The number of anilines is 1. The van der Waals surface area contributed by atoms with E-state index >= 15 is 0 Å². The molecule has 0 aliphatic carbocycles. The first-order valence-electron chi connectivity index (χ1n) is 5.63. The molecule has 2 N–H and O–H groups in total. The Bertz CT molecular complexity index is 516. The van der Waals surface area contributed by atoms with Gasteiger partial charge in [-0.3, -0.25) is 4.79 Å². The molecule has 7 heteroatoms. The number of carboxylic acid groups (broad SMARTS) is 1. The number of aliphatic carboxylic acids is 1. The van der Waals surface area contributed by atoms with Crippen LogP contribution in [0.15, 0.2) is 12.1 Å². The molecular weight excluding hydrogens is 283 g/mol. The van der Waals surface area contributed by atoms with Gasteiger partial charge in [0.15, 0.2) is 0 Å². The van der Waals surface area contributed by atoms with E-state index in [1.807, 2.05) is 0 Å². The summed E-state index contributed by atoms with van der Waals surface area (Å²) in [5, 5.41) is 11.2. The second kappa shape index (κ2) is 4.92. The molecule has 2 rings (SSSR count). The van der Waals surface area contributed by atoms with E-state index in [1.165, 1.54) is 6.07 Å². The number of rotatable bonds is 2. The fourth-order valence-corrected chi connectivity index (χ4v) is 2.47. The van der Waals surface area contributed by atoms with Crippen LogP contribution in [0.5, 0.6) is 0 Å². The lowest BCUT2D eigenvalue weighted by Gasteiger charge is -2.29. The summed E-state index contributed by atoms with van der Waals surface area (Å²) in [4.78, 5) is 10.6. The van der Waals surface area contributed by atoms with E-state index in [0.717, 1.165) is 0 Å². The number of hydrogen-bond donors (Lipinski definition) is 2. The molecule has 0 aromatic heterocycles. The molecule has 3 nitrogen and oxygen atoms in total. The SMILES string of the molecule is O=C(O)Cc1cc(Cl)c2c(c1)CC[C@H](C(F)(F)F)N2. The standard InChI is InChI=1S/C12H11ClF3NO2/c13-8-4-6(5-10(18)19)3-7-1-2-9(12(14,15)16)17-11(7)8/h3-4,9,17H,1-2,5H2,(H,18,19)/t9-/m1/s1. The predicted molar refractivity (Wildman–Crippen MR) is 64.6 cm³/mol. The average molecular weight is 294 g/mol. The molecule has 0 spiro atoms. The van der Waals surface area contributed by atoms with Gasteiger partial charge in [-0.15, -0.1) is 0 Å². The molecule has 1 atom stereocenters. The van der Waals surface area contributed by atoms with Gasteiger partial charge < -0.3 is 10.4 Å². The molecule has 0 saturated carbocycles. The fraction of sp³-hybridized carbons (Fsp3) is 0.417. The van der Waals surface area contributed by atoms with E-state index in [2.05, 4.69) is 5.32 Å². The van der Waals surface area contributed by atoms with Gasteiger partial charge in [0.05, 0.1) is 17.1 Å². The highest BCUT2D eigenvalue weighted by Gasteiger charge is 2.41. The van der Waals surface area contributed by atoms with Crippen molar-refractivity contribution in [2.75, 3.05) is 5.32 Å². The Morgan fingerprint density at radius 2 is 2.16 bits per heavy atom. The summed E-state index contributed by atoms with van der Waals surface area (Å²) in [5.41, 5.74) is 1.37. The zero-order valence-corrected chi connectivity index (χ0v) is 10.5. The molecule has 1 aromatic rings. The first kappa shape index (κ1) is 14.0. The Labute approximate surface area is 112 Å². The Hall–Kier alpha value is -1.43. The van der Waals surface area contributed by atoms with Crippen LogP contribution in [0.1, 0.15) is 17.5 Å². The molecule has 1 heterocycles. The molecule has 1 aliphatic heterocycles. The van der Waals surface area contributed by atoms with Crippen molar-refractivity contribution in [1.29, 1.82) is 0 Å². The third kappa shape index (κ3) is 3.12. The lowest BCUT2D eigenvalue weighted by molar-refractivity contribution is -0.144. The third-order valence-corrected chi connectivity index (χ3v) is 3.30. The summed E-state index contributed by atoms with van der Waals surface area (Å²) in [6.45, 7) is 0. The number of nitrogens with one attached hydrogen (secondary N) is 1. The van der Waals surface area contributed by atoms with Crippen LogP contribution in [0.25, 0.3) is 0 Å². The molecule has 1 aromatic carbocycles. The number of alkyl halides is 3. The van der Waals surface area contributed by atoms with E-state index in [1.54, 1.807) is 6.07 Å². The van der Waals surface area contributed by atoms with Crippen molar-refractivity contribution >= 4 is 23.3 Å². The van der Waals surface area contributed by atoms with Crippen molar-refractivity contribution in [1.82, 2.24) is 0 Å². The summed E-state index contributed by atoms with van der Waals surface area (Å²) < 4.78 is 37.9. The molecule has 0 unspecified atom stereocenters. The minimum absolute atomic E-state index is 0.0800. The molecule has 0 bridgehead atoms. The molecular formula is C12H11ClF3NO2. The van der Waals surface area contributed by atoms with Gasteiger partial charge >= 0.3 is 12.1 Å². The van der Waals surface area contributed by atoms with Crippen molar-refractivity contribution in [3.05, 3.63) is 28.3 Å². The predicted octanol–water partition coefficient (Wildman–Crippen LogP) is 3.26. The topological polar surface area (TPSA) is 49.3 Å². The minimum atomic E-state index is -4.32. The number of carbonyl (C=O) groups is 1. The second-order valence-corrected chi connectivity index (χ2v) is 4.87. The fourth-order valence-electron chi connectivity index (χ4n) is 2.15. The molecule has 0 amide bonds. The summed E-state index contributed by atoms with van der Waals surface area (Å²) in [6, 6.07) is 1.37. The Morgan fingerprint density at radius 3 is 2.74 bits per heavy atom. The highest BCUT2D eigenvalue weighted by Crippen LogP contribution is 2.37. The number of halogens is 4. The van der Waals surface area contributed by atoms with Crippen LogP contribution in [0.3, 0.4) is 0 Å². The molecule has 104 valence electrons. The van der Waals surface area contributed by atoms with Gasteiger partial charge in [0.25, 0.3) is 0 Å². The van der Waals surface area contributed by atoms with E-state index in [-0.39, 0.29) is 30.0 Å². The number of fused-ring (bicyclic) bond motifs is 1. The van der Waals surface area contributed by atoms with Crippen LogP contribution in [-0.2, 0) is 17.6 Å². The van der Waals surface area contributed by atoms with Crippen LogP contribution >= 0.6 is 11.6 Å². The highest BCUT2D eigenvalue weighted by atomic mass is 35.5. The van der Waals surface area contributed by atoms with Crippen LogP contribution in [0, 0.1) is 0 Å². The van der Waals surface area contributed by atoms with Crippen LogP contribution < -0.4 is 5.32 Å². The maximum Gasteiger partial charge on any atom is 0.408 e. The third-order valence-electron chi connectivity index (χ3n) is 3.00. The van der Waals surface area contributed by atoms with E-state index < -0.39 is 18.2 Å². The van der Waals surface area contributed by atoms with Gasteiger partial charge in [0.2, 0.25) is 0 Å². The monoisotopic (exact) mass is 293 g/mol. The van der Waals surface area contributed by atoms with E-state index in [9.17, 15) is 18.0 Å². The Kier molecular flexibility index (Phi) is 3.62. The number of hydrogen-bond acceptors (Lipinski definition) is 2. The first-order chi connectivity index (χ1) is 8.77. The Balaban J connectivity index is 2.29. The van der Waals surface area contributed by atoms with Crippen LogP contribution in [0.2, 0.25) is 5.02 Å². The molecule has 1 aliphatic rings. The van der Waals surface area contributed by atoms with Crippen molar-refractivity contribution in [3.63, 3.8) is 0 Å². The summed E-state index contributed by atoms with van der Waals surface area (Å²) in [7, 11) is 0. The summed E-state index contributed by atoms with van der Waals surface area (Å²) in [6.07, 6.45) is -4.38. The average Bonchev–Trinajstić information content (AvgIpc) is 2.26. The molecule has 0 radical (unpaired) electrons. The minimum Gasteiger partial charge on any atom is -0.481 e.